The van der Waals surface area contributed by atoms with Gasteiger partial charge in [-0.1, -0.05) is 42.1 Å². The quantitative estimate of drug-likeness (QED) is 0.397. The van der Waals surface area contributed by atoms with E-state index in [1.165, 1.54) is 11.7 Å². The second-order valence-corrected chi connectivity index (χ2v) is 7.51. The lowest BCUT2D eigenvalue weighted by Crippen LogP contribution is -2.24. The van der Waals surface area contributed by atoms with E-state index in [0.717, 1.165) is 22.7 Å². The molecule has 2 aromatic heterocycles. The number of hydrogen-bond donors (Lipinski definition) is 2. The Morgan fingerprint density at radius 2 is 1.93 bits per heavy atom. The van der Waals surface area contributed by atoms with E-state index >= 15 is 0 Å². The van der Waals surface area contributed by atoms with E-state index in [2.05, 4.69) is 9.97 Å². The van der Waals surface area contributed by atoms with Gasteiger partial charge in [-0.2, -0.15) is 0 Å². The second-order valence-electron chi connectivity index (χ2n) is 6.20. The SMILES string of the molecule is COc1ccccc1-n1c(S[C@@H](C)C(=O)O)nc2c([nH]c3ccccc32)c1=O. The fraction of sp³-hybridized carbons (Fsp3) is 0.150. The van der Waals surface area contributed by atoms with Crippen molar-refractivity contribution in [1.82, 2.24) is 14.5 Å². The summed E-state index contributed by atoms with van der Waals surface area (Å²) >= 11 is 1.02. The van der Waals surface area contributed by atoms with Gasteiger partial charge in [0.2, 0.25) is 0 Å². The van der Waals surface area contributed by atoms with Crippen LogP contribution in [0.3, 0.4) is 0 Å². The second kappa shape index (κ2) is 7.05. The first-order valence-electron chi connectivity index (χ1n) is 8.57. The van der Waals surface area contributed by atoms with Gasteiger partial charge in [-0.15, -0.1) is 0 Å². The summed E-state index contributed by atoms with van der Waals surface area (Å²) in [6.45, 7) is 1.56. The summed E-state index contributed by atoms with van der Waals surface area (Å²) in [6, 6.07) is 14.6. The van der Waals surface area contributed by atoms with Crippen LogP contribution in [0.15, 0.2) is 58.5 Å². The predicted molar refractivity (Wildman–Crippen MR) is 109 cm³/mol. The van der Waals surface area contributed by atoms with Crippen LogP contribution < -0.4 is 10.3 Å². The number of benzene rings is 2. The number of aromatic amines is 1. The van der Waals surface area contributed by atoms with Crippen LogP contribution in [0, 0.1) is 0 Å². The molecule has 8 heteroatoms. The van der Waals surface area contributed by atoms with E-state index in [0.29, 0.717) is 27.6 Å². The van der Waals surface area contributed by atoms with E-state index in [1.807, 2.05) is 24.3 Å². The maximum absolute atomic E-state index is 13.4. The van der Waals surface area contributed by atoms with Gasteiger partial charge in [-0.3, -0.25) is 9.59 Å². The zero-order valence-corrected chi connectivity index (χ0v) is 16.0. The number of aliphatic carboxylic acids is 1. The number of aromatic nitrogens is 3. The van der Waals surface area contributed by atoms with E-state index in [1.54, 1.807) is 31.2 Å². The molecule has 7 nitrogen and oxygen atoms in total. The summed E-state index contributed by atoms with van der Waals surface area (Å²) in [5, 5.41) is 9.68. The van der Waals surface area contributed by atoms with Crippen molar-refractivity contribution in [2.45, 2.75) is 17.3 Å². The molecule has 0 saturated carbocycles. The molecular formula is C20H17N3O4S. The van der Waals surface area contributed by atoms with Crippen molar-refractivity contribution >= 4 is 39.7 Å². The molecule has 0 aliphatic carbocycles. The number of methoxy groups -OCH3 is 1. The number of ether oxygens (including phenoxy) is 1. The predicted octanol–water partition coefficient (Wildman–Crippen LogP) is 3.44. The molecule has 1 atom stereocenters. The van der Waals surface area contributed by atoms with Crippen molar-refractivity contribution in [3.8, 4) is 11.4 Å². The number of carboxylic acids is 1. The summed E-state index contributed by atoms with van der Waals surface area (Å²) in [5.74, 6) is -0.489. The van der Waals surface area contributed by atoms with Gasteiger partial charge in [-0.05, 0) is 25.1 Å². The molecule has 0 fully saturated rings. The number of thioether (sulfide) groups is 1. The maximum atomic E-state index is 13.4. The number of hydrogen-bond acceptors (Lipinski definition) is 5. The number of rotatable bonds is 5. The van der Waals surface area contributed by atoms with E-state index in [-0.39, 0.29) is 5.56 Å². The number of nitrogens with one attached hydrogen (secondary N) is 1. The summed E-state index contributed by atoms with van der Waals surface area (Å²) in [6.07, 6.45) is 0. The van der Waals surface area contributed by atoms with Crippen molar-refractivity contribution in [3.05, 3.63) is 58.9 Å². The first kappa shape index (κ1) is 18.1. The molecular weight excluding hydrogens is 378 g/mol. The molecule has 2 heterocycles. The monoisotopic (exact) mass is 395 g/mol. The standard InChI is InChI=1S/C20H17N3O4S/c1-11(19(25)26)28-20-22-16-12-7-3-4-8-13(12)21-17(16)18(24)23(20)14-9-5-6-10-15(14)27-2/h3-11,21H,1-2H3,(H,25,26)/t11-/m0/s1. The number of carbonyl (C=O) groups is 1. The molecule has 0 radical (unpaired) electrons. The average molecular weight is 395 g/mol. The Hall–Kier alpha value is -3.26. The van der Waals surface area contributed by atoms with Gasteiger partial charge in [0.25, 0.3) is 5.56 Å². The molecule has 142 valence electrons. The molecule has 0 unspecified atom stereocenters. The summed E-state index contributed by atoms with van der Waals surface area (Å²) < 4.78 is 6.81. The third kappa shape index (κ3) is 2.91. The Bertz CT molecular complexity index is 1260. The van der Waals surface area contributed by atoms with Crippen LogP contribution in [0.25, 0.3) is 27.6 Å². The van der Waals surface area contributed by atoms with Crippen molar-refractivity contribution in [3.63, 3.8) is 0 Å². The first-order chi connectivity index (χ1) is 13.5. The zero-order valence-electron chi connectivity index (χ0n) is 15.2. The lowest BCUT2D eigenvalue weighted by Gasteiger charge is -2.16. The molecule has 4 rings (SSSR count). The van der Waals surface area contributed by atoms with E-state index in [4.69, 9.17) is 4.74 Å². The highest BCUT2D eigenvalue weighted by atomic mass is 32.2. The van der Waals surface area contributed by atoms with Crippen LogP contribution in [-0.2, 0) is 4.79 Å². The lowest BCUT2D eigenvalue weighted by molar-refractivity contribution is -0.136. The van der Waals surface area contributed by atoms with Gasteiger partial charge in [0, 0.05) is 10.9 Å². The number of carboxylic acid groups (broad SMARTS) is 1. The topological polar surface area (TPSA) is 97.2 Å². The Balaban J connectivity index is 2.08. The molecule has 0 bridgehead atoms. The minimum absolute atomic E-state index is 0.293. The average Bonchev–Trinajstić information content (AvgIpc) is 3.07. The molecule has 28 heavy (non-hydrogen) atoms. The Kier molecular flexibility index (Phi) is 4.56. The molecule has 2 aromatic carbocycles. The van der Waals surface area contributed by atoms with Crippen LogP contribution in [0.5, 0.6) is 5.75 Å². The van der Waals surface area contributed by atoms with E-state index < -0.39 is 11.2 Å². The van der Waals surface area contributed by atoms with Crippen molar-refractivity contribution in [2.75, 3.05) is 7.11 Å². The van der Waals surface area contributed by atoms with Gasteiger partial charge < -0.3 is 14.8 Å². The van der Waals surface area contributed by atoms with Crippen LogP contribution >= 0.6 is 11.8 Å². The molecule has 0 amide bonds. The van der Waals surface area contributed by atoms with Crippen molar-refractivity contribution < 1.29 is 14.6 Å². The Morgan fingerprint density at radius 3 is 2.68 bits per heavy atom. The highest BCUT2D eigenvalue weighted by Gasteiger charge is 2.22. The van der Waals surface area contributed by atoms with Gasteiger partial charge in [0.1, 0.15) is 22.0 Å². The van der Waals surface area contributed by atoms with Crippen LogP contribution in [0.1, 0.15) is 6.92 Å². The smallest absolute Gasteiger partial charge is 0.316 e. The van der Waals surface area contributed by atoms with Gasteiger partial charge in [0.05, 0.1) is 12.8 Å². The van der Waals surface area contributed by atoms with E-state index in [9.17, 15) is 14.7 Å². The molecule has 4 aromatic rings. The zero-order chi connectivity index (χ0) is 19.8. The molecule has 2 N–H and O–H groups in total. The summed E-state index contributed by atoms with van der Waals surface area (Å²) in [5.41, 5.74) is 1.86. The fourth-order valence-corrected chi connectivity index (χ4v) is 3.90. The molecule has 0 saturated heterocycles. The third-order valence-electron chi connectivity index (χ3n) is 4.45. The van der Waals surface area contributed by atoms with Gasteiger partial charge >= 0.3 is 5.97 Å². The number of para-hydroxylation sites is 3. The van der Waals surface area contributed by atoms with Crippen molar-refractivity contribution in [2.24, 2.45) is 0 Å². The Labute approximate surface area is 164 Å². The number of H-pyrrole nitrogens is 1. The molecule has 0 spiro atoms. The maximum Gasteiger partial charge on any atom is 0.316 e. The molecule has 0 aliphatic heterocycles. The summed E-state index contributed by atoms with van der Waals surface area (Å²) in [4.78, 5) is 32.6. The molecule has 0 aliphatic rings. The lowest BCUT2D eigenvalue weighted by atomic mass is 10.2. The largest absolute Gasteiger partial charge is 0.495 e. The minimum atomic E-state index is -0.982. The van der Waals surface area contributed by atoms with Crippen LogP contribution in [-0.4, -0.2) is 38.0 Å². The number of fused-ring (bicyclic) bond motifs is 3. The summed E-state index contributed by atoms with van der Waals surface area (Å²) in [7, 11) is 1.52. The number of nitrogens with zero attached hydrogens (tertiary/aromatic N) is 2. The van der Waals surface area contributed by atoms with Crippen LogP contribution in [0.4, 0.5) is 0 Å². The highest BCUT2D eigenvalue weighted by molar-refractivity contribution is 8.00. The third-order valence-corrected chi connectivity index (χ3v) is 5.49. The first-order valence-corrected chi connectivity index (χ1v) is 9.45. The van der Waals surface area contributed by atoms with Crippen molar-refractivity contribution in [1.29, 1.82) is 0 Å². The van der Waals surface area contributed by atoms with Gasteiger partial charge in [0.15, 0.2) is 5.16 Å². The minimum Gasteiger partial charge on any atom is -0.495 e. The highest BCUT2D eigenvalue weighted by Crippen LogP contribution is 2.31. The fourth-order valence-electron chi connectivity index (χ4n) is 3.06. The van der Waals surface area contributed by atoms with Gasteiger partial charge in [-0.25, -0.2) is 9.55 Å². The Morgan fingerprint density at radius 1 is 1.21 bits per heavy atom. The normalized spacial score (nSPS) is 12.4. The van der Waals surface area contributed by atoms with Crippen LogP contribution in [0.2, 0.25) is 0 Å².